The Morgan fingerprint density at radius 3 is 2.72 bits per heavy atom. The van der Waals surface area contributed by atoms with Crippen molar-refractivity contribution in [1.29, 1.82) is 0 Å². The molecule has 94 valence electrons. The quantitative estimate of drug-likeness (QED) is 0.876. The highest BCUT2D eigenvalue weighted by molar-refractivity contribution is 7.00. The lowest BCUT2D eigenvalue weighted by Gasteiger charge is -2.17. The minimum absolute atomic E-state index is 0.0953. The Kier molecular flexibility index (Phi) is 2.90. The second-order valence-electron chi connectivity index (χ2n) is 4.01. The number of benzene rings is 1. The Balaban J connectivity index is 2.23. The fraction of sp³-hybridized carbons (Fsp3) is 0.300. The molecule has 0 saturated carbocycles. The van der Waals surface area contributed by atoms with Crippen LogP contribution in [0.2, 0.25) is 10.0 Å². The Morgan fingerprint density at radius 2 is 2.06 bits per heavy atom. The molecule has 0 radical (unpaired) electrons. The van der Waals surface area contributed by atoms with Gasteiger partial charge in [0.25, 0.3) is 0 Å². The molecule has 0 bridgehead atoms. The van der Waals surface area contributed by atoms with Crippen LogP contribution < -0.4 is 4.90 Å². The Labute approximate surface area is 116 Å². The average Bonchev–Trinajstić information content (AvgIpc) is 2.87. The van der Waals surface area contributed by atoms with Crippen molar-refractivity contribution in [3.63, 3.8) is 0 Å². The van der Waals surface area contributed by atoms with Gasteiger partial charge in [0, 0.05) is 0 Å². The fourth-order valence-electron chi connectivity index (χ4n) is 2.02. The summed E-state index contributed by atoms with van der Waals surface area (Å²) >= 11 is 13.2. The molecule has 8 heteroatoms. The number of aliphatic hydroxyl groups excluding tert-OH is 1. The Bertz CT molecular complexity index is 645. The molecule has 1 atom stereocenters. The molecule has 1 N–H and O–H groups in total. The summed E-state index contributed by atoms with van der Waals surface area (Å²) in [4.78, 5) is 13.3. The summed E-state index contributed by atoms with van der Waals surface area (Å²) in [5.41, 5.74) is 1.50. The number of amides is 1. The van der Waals surface area contributed by atoms with Crippen LogP contribution in [-0.4, -0.2) is 32.4 Å². The van der Waals surface area contributed by atoms with Gasteiger partial charge >= 0.3 is 0 Å². The minimum Gasteiger partial charge on any atom is -0.391 e. The first-order valence-electron chi connectivity index (χ1n) is 5.16. The third kappa shape index (κ3) is 1.76. The van der Waals surface area contributed by atoms with Crippen molar-refractivity contribution in [2.75, 3.05) is 11.4 Å². The predicted molar refractivity (Wildman–Crippen MR) is 70.4 cm³/mol. The zero-order valence-corrected chi connectivity index (χ0v) is 11.3. The van der Waals surface area contributed by atoms with E-state index < -0.39 is 6.10 Å². The third-order valence-electron chi connectivity index (χ3n) is 2.79. The van der Waals surface area contributed by atoms with Crippen molar-refractivity contribution in [1.82, 2.24) is 8.75 Å². The SMILES string of the molecule is O=C1CC(O)CN1c1c(Cl)cc(Cl)c2nsnc12. The normalized spacial score (nSPS) is 20.1. The maximum Gasteiger partial charge on any atom is 0.229 e. The number of halogens is 2. The van der Waals surface area contributed by atoms with Gasteiger partial charge in [0.15, 0.2) is 0 Å². The van der Waals surface area contributed by atoms with E-state index in [2.05, 4.69) is 8.75 Å². The highest BCUT2D eigenvalue weighted by Gasteiger charge is 2.32. The molecule has 0 spiro atoms. The van der Waals surface area contributed by atoms with Gasteiger partial charge in [-0.1, -0.05) is 23.2 Å². The summed E-state index contributed by atoms with van der Waals surface area (Å²) in [6, 6.07) is 1.54. The van der Waals surface area contributed by atoms with Gasteiger partial charge in [-0.2, -0.15) is 8.75 Å². The fourth-order valence-corrected chi connectivity index (χ4v) is 3.23. The smallest absolute Gasteiger partial charge is 0.229 e. The molecule has 1 aliphatic heterocycles. The van der Waals surface area contributed by atoms with E-state index in [9.17, 15) is 9.90 Å². The molecule has 1 aromatic heterocycles. The first-order chi connectivity index (χ1) is 8.58. The average molecular weight is 304 g/mol. The van der Waals surface area contributed by atoms with Gasteiger partial charge in [-0.25, -0.2) is 0 Å². The van der Waals surface area contributed by atoms with E-state index in [1.165, 1.54) is 4.90 Å². The first kappa shape index (κ1) is 12.1. The zero-order valence-electron chi connectivity index (χ0n) is 8.93. The van der Waals surface area contributed by atoms with Crippen LogP contribution >= 0.6 is 34.9 Å². The van der Waals surface area contributed by atoms with Crippen LogP contribution in [0, 0.1) is 0 Å². The number of anilines is 1. The number of fused-ring (bicyclic) bond motifs is 1. The van der Waals surface area contributed by atoms with Crippen LogP contribution in [-0.2, 0) is 4.79 Å². The van der Waals surface area contributed by atoms with Crippen molar-refractivity contribution in [2.45, 2.75) is 12.5 Å². The van der Waals surface area contributed by atoms with E-state index in [1.54, 1.807) is 6.07 Å². The van der Waals surface area contributed by atoms with Crippen LogP contribution in [0.3, 0.4) is 0 Å². The highest BCUT2D eigenvalue weighted by Crippen LogP contribution is 2.39. The lowest BCUT2D eigenvalue weighted by Crippen LogP contribution is -2.25. The van der Waals surface area contributed by atoms with Gasteiger partial charge in [0.05, 0.1) is 46.5 Å². The molecule has 1 aliphatic rings. The lowest BCUT2D eigenvalue weighted by atomic mass is 10.2. The molecule has 1 fully saturated rings. The summed E-state index contributed by atoms with van der Waals surface area (Å²) in [7, 11) is 0. The second-order valence-corrected chi connectivity index (χ2v) is 5.36. The van der Waals surface area contributed by atoms with Crippen LogP contribution in [0.4, 0.5) is 5.69 Å². The molecule has 5 nitrogen and oxygen atoms in total. The molecule has 1 aromatic carbocycles. The van der Waals surface area contributed by atoms with Gasteiger partial charge in [-0.05, 0) is 6.07 Å². The molecule has 1 saturated heterocycles. The lowest BCUT2D eigenvalue weighted by molar-refractivity contribution is -0.117. The number of carbonyl (C=O) groups excluding carboxylic acids is 1. The molecular formula is C10H7Cl2N3O2S. The van der Waals surface area contributed by atoms with E-state index in [1.807, 2.05) is 0 Å². The van der Waals surface area contributed by atoms with Gasteiger partial charge in [0.2, 0.25) is 5.91 Å². The van der Waals surface area contributed by atoms with Crippen molar-refractivity contribution >= 4 is 57.6 Å². The van der Waals surface area contributed by atoms with Gasteiger partial charge in [0.1, 0.15) is 11.0 Å². The van der Waals surface area contributed by atoms with Crippen molar-refractivity contribution < 1.29 is 9.90 Å². The largest absolute Gasteiger partial charge is 0.391 e. The van der Waals surface area contributed by atoms with Gasteiger partial charge in [-0.15, -0.1) is 0 Å². The zero-order chi connectivity index (χ0) is 12.9. The van der Waals surface area contributed by atoms with Crippen LogP contribution in [0.1, 0.15) is 6.42 Å². The summed E-state index contributed by atoms with van der Waals surface area (Å²) in [6.07, 6.45) is -0.580. The Hall–Kier alpha value is -0.950. The number of aromatic nitrogens is 2. The van der Waals surface area contributed by atoms with E-state index in [0.717, 1.165) is 11.7 Å². The molecule has 2 aromatic rings. The summed E-state index contributed by atoms with van der Waals surface area (Å²) < 4.78 is 8.21. The number of hydrogen-bond acceptors (Lipinski definition) is 5. The molecule has 1 unspecified atom stereocenters. The van der Waals surface area contributed by atoms with E-state index in [0.29, 0.717) is 26.8 Å². The summed E-state index contributed by atoms with van der Waals surface area (Å²) in [5, 5.41) is 10.3. The minimum atomic E-state index is -0.675. The van der Waals surface area contributed by atoms with Crippen LogP contribution in [0.5, 0.6) is 0 Å². The molecule has 1 amide bonds. The van der Waals surface area contributed by atoms with Gasteiger partial charge < -0.3 is 10.0 Å². The van der Waals surface area contributed by atoms with Crippen LogP contribution in [0.25, 0.3) is 11.0 Å². The molecular weight excluding hydrogens is 297 g/mol. The highest BCUT2D eigenvalue weighted by atomic mass is 35.5. The van der Waals surface area contributed by atoms with E-state index in [4.69, 9.17) is 23.2 Å². The monoisotopic (exact) mass is 303 g/mol. The molecule has 3 rings (SSSR count). The van der Waals surface area contributed by atoms with Crippen LogP contribution in [0.15, 0.2) is 6.07 Å². The third-order valence-corrected chi connectivity index (χ3v) is 3.90. The maximum absolute atomic E-state index is 11.8. The summed E-state index contributed by atoms with van der Waals surface area (Å²) in [6.45, 7) is 0.215. The first-order valence-corrected chi connectivity index (χ1v) is 6.65. The van der Waals surface area contributed by atoms with Gasteiger partial charge in [-0.3, -0.25) is 4.79 Å². The van der Waals surface area contributed by atoms with E-state index >= 15 is 0 Å². The molecule has 2 heterocycles. The summed E-state index contributed by atoms with van der Waals surface area (Å²) in [5.74, 6) is -0.180. The van der Waals surface area contributed by atoms with Crippen molar-refractivity contribution in [3.05, 3.63) is 16.1 Å². The molecule has 18 heavy (non-hydrogen) atoms. The molecule has 0 aliphatic carbocycles. The van der Waals surface area contributed by atoms with Crippen molar-refractivity contribution in [2.24, 2.45) is 0 Å². The number of nitrogens with zero attached hydrogens (tertiary/aromatic N) is 3. The topological polar surface area (TPSA) is 66.3 Å². The predicted octanol–water partition coefficient (Wildman–Crippen LogP) is 2.10. The second kappa shape index (κ2) is 4.31. The standard InChI is InChI=1S/C10H7Cl2N3O2S/c11-5-2-6(12)10(9-8(5)13-18-14-9)15-3-4(16)1-7(15)17/h2,4,16H,1,3H2. The van der Waals surface area contributed by atoms with E-state index in [-0.39, 0.29) is 18.9 Å². The number of β-amino-alcohol motifs (C(OH)–C–C–N with tert-alkyl or cyclic N) is 1. The van der Waals surface area contributed by atoms with Crippen molar-refractivity contribution in [3.8, 4) is 0 Å². The number of carbonyl (C=O) groups is 1. The Morgan fingerprint density at radius 1 is 1.33 bits per heavy atom. The maximum atomic E-state index is 11.8. The number of rotatable bonds is 1. The number of hydrogen-bond donors (Lipinski definition) is 1. The number of aliphatic hydroxyl groups is 1.